The first-order valence-electron chi connectivity index (χ1n) is 7.86. The second-order valence-electron chi connectivity index (χ2n) is 6.25. The Morgan fingerprint density at radius 2 is 1.95 bits per heavy atom. The van der Waals surface area contributed by atoms with Crippen molar-refractivity contribution in [3.8, 4) is 0 Å². The molecule has 3 nitrogen and oxygen atoms in total. The molecule has 2 atom stereocenters. The lowest BCUT2D eigenvalue weighted by molar-refractivity contribution is -0.137. The molecule has 0 spiro atoms. The summed E-state index contributed by atoms with van der Waals surface area (Å²) in [5, 5.41) is 1.26. The minimum absolute atomic E-state index is 0.244. The van der Waals surface area contributed by atoms with Gasteiger partial charge in [0.25, 0.3) is 0 Å². The maximum atomic E-state index is 12.6. The van der Waals surface area contributed by atoms with Crippen LogP contribution in [0.4, 0.5) is 0 Å². The molecule has 2 unspecified atom stereocenters. The highest BCUT2D eigenvalue weighted by atomic mass is 35.5. The average molecular weight is 342 g/mol. The number of aryl methyl sites for hydroxylation is 1. The zero-order valence-electron chi connectivity index (χ0n) is 12.7. The van der Waals surface area contributed by atoms with Gasteiger partial charge in [-0.3, -0.25) is 4.79 Å². The normalized spacial score (nSPS) is 27.2. The molecule has 3 rings (SSSR count). The molecule has 2 saturated heterocycles. The summed E-state index contributed by atoms with van der Waals surface area (Å²) in [6.45, 7) is 0. The summed E-state index contributed by atoms with van der Waals surface area (Å²) in [5.41, 5.74) is 0.985. The van der Waals surface area contributed by atoms with E-state index < -0.39 is 0 Å². The molecular formula is C17H21Cl2NO2. The Bertz CT molecular complexity index is 550. The predicted molar refractivity (Wildman–Crippen MR) is 88.5 cm³/mol. The highest BCUT2D eigenvalue weighted by Crippen LogP contribution is 2.37. The van der Waals surface area contributed by atoms with Crippen LogP contribution in [-0.2, 0) is 16.0 Å². The first kappa shape index (κ1) is 16.1. The van der Waals surface area contributed by atoms with Crippen LogP contribution in [0.1, 0.15) is 37.7 Å². The summed E-state index contributed by atoms with van der Waals surface area (Å²) in [6.07, 6.45) is 5.65. The molecule has 2 bridgehead atoms. The Kier molecular flexibility index (Phi) is 4.96. The number of amides is 1. The van der Waals surface area contributed by atoms with Crippen molar-refractivity contribution in [3.05, 3.63) is 33.8 Å². The maximum absolute atomic E-state index is 12.6. The van der Waals surface area contributed by atoms with Crippen molar-refractivity contribution in [3.63, 3.8) is 0 Å². The molecule has 2 heterocycles. The van der Waals surface area contributed by atoms with Gasteiger partial charge in [0.05, 0.1) is 6.10 Å². The van der Waals surface area contributed by atoms with Crippen molar-refractivity contribution >= 4 is 29.1 Å². The van der Waals surface area contributed by atoms with E-state index in [4.69, 9.17) is 27.9 Å². The van der Waals surface area contributed by atoms with E-state index in [2.05, 4.69) is 4.90 Å². The molecule has 0 aliphatic carbocycles. The fraction of sp³-hybridized carbons (Fsp3) is 0.588. The first-order chi connectivity index (χ1) is 10.6. The number of hydrogen-bond donors (Lipinski definition) is 0. The lowest BCUT2D eigenvalue weighted by Crippen LogP contribution is -2.48. The predicted octanol–water partition coefficient (Wildman–Crippen LogP) is 4.09. The standard InChI is InChI=1S/C17H21Cl2NO2/c1-22-15-9-13-5-6-14(10-15)20(13)17(21)7-3-11-2-4-12(18)8-16(11)19/h2,4,8,13-15H,3,5-7,9-10H2,1H3. The van der Waals surface area contributed by atoms with Crippen LogP contribution in [-0.4, -0.2) is 36.1 Å². The van der Waals surface area contributed by atoms with Crippen molar-refractivity contribution in [1.29, 1.82) is 0 Å². The number of carbonyl (C=O) groups is 1. The van der Waals surface area contributed by atoms with Crippen LogP contribution in [0.25, 0.3) is 0 Å². The van der Waals surface area contributed by atoms with Gasteiger partial charge in [-0.2, -0.15) is 0 Å². The van der Waals surface area contributed by atoms with Crippen molar-refractivity contribution in [2.75, 3.05) is 7.11 Å². The summed E-state index contributed by atoms with van der Waals surface area (Å²) in [4.78, 5) is 14.7. The highest BCUT2D eigenvalue weighted by Gasteiger charge is 2.42. The number of nitrogens with zero attached hydrogens (tertiary/aromatic N) is 1. The van der Waals surface area contributed by atoms with Gasteiger partial charge in [-0.15, -0.1) is 0 Å². The molecule has 0 radical (unpaired) electrons. The van der Waals surface area contributed by atoms with E-state index in [1.165, 1.54) is 0 Å². The minimum Gasteiger partial charge on any atom is -0.381 e. The number of benzene rings is 1. The van der Waals surface area contributed by atoms with Gasteiger partial charge in [0, 0.05) is 35.7 Å². The second-order valence-corrected chi connectivity index (χ2v) is 7.09. The molecule has 0 saturated carbocycles. The lowest BCUT2D eigenvalue weighted by atomic mass is 9.98. The van der Waals surface area contributed by atoms with Crippen LogP contribution in [0.15, 0.2) is 18.2 Å². The minimum atomic E-state index is 0.244. The van der Waals surface area contributed by atoms with Crippen molar-refractivity contribution in [2.24, 2.45) is 0 Å². The Hall–Kier alpha value is -0.770. The number of carbonyl (C=O) groups excluding carboxylic acids is 1. The molecule has 2 fully saturated rings. The van der Waals surface area contributed by atoms with Gasteiger partial charge >= 0.3 is 0 Å². The second kappa shape index (κ2) is 6.77. The first-order valence-corrected chi connectivity index (χ1v) is 8.62. The molecule has 2 aliphatic rings. The van der Waals surface area contributed by atoms with Gasteiger partial charge in [0.1, 0.15) is 0 Å². The number of rotatable bonds is 4. The fourth-order valence-corrected chi connectivity index (χ4v) is 4.32. The van der Waals surface area contributed by atoms with Crippen LogP contribution < -0.4 is 0 Å². The molecule has 1 aromatic rings. The Morgan fingerprint density at radius 3 is 2.55 bits per heavy atom. The zero-order chi connectivity index (χ0) is 15.7. The molecule has 1 aromatic carbocycles. The molecular weight excluding hydrogens is 321 g/mol. The Balaban J connectivity index is 1.61. The Morgan fingerprint density at radius 1 is 1.27 bits per heavy atom. The number of fused-ring (bicyclic) bond motifs is 2. The van der Waals surface area contributed by atoms with Crippen molar-refractivity contribution in [2.45, 2.75) is 56.7 Å². The molecule has 0 N–H and O–H groups in total. The smallest absolute Gasteiger partial charge is 0.223 e. The summed E-state index contributed by atoms with van der Waals surface area (Å²) in [6, 6.07) is 6.18. The van der Waals surface area contributed by atoms with E-state index in [-0.39, 0.29) is 5.91 Å². The van der Waals surface area contributed by atoms with E-state index in [0.29, 0.717) is 41.1 Å². The summed E-state index contributed by atoms with van der Waals surface area (Å²) < 4.78 is 5.49. The monoisotopic (exact) mass is 341 g/mol. The third kappa shape index (κ3) is 3.27. The largest absolute Gasteiger partial charge is 0.381 e. The third-order valence-electron chi connectivity index (χ3n) is 4.93. The molecule has 2 aliphatic heterocycles. The van der Waals surface area contributed by atoms with Crippen LogP contribution in [0.5, 0.6) is 0 Å². The van der Waals surface area contributed by atoms with E-state index in [1.54, 1.807) is 13.2 Å². The summed E-state index contributed by atoms with van der Waals surface area (Å²) in [5.74, 6) is 0.244. The van der Waals surface area contributed by atoms with Gasteiger partial charge < -0.3 is 9.64 Å². The van der Waals surface area contributed by atoms with Crippen molar-refractivity contribution < 1.29 is 9.53 Å². The quantitative estimate of drug-likeness (QED) is 0.825. The van der Waals surface area contributed by atoms with E-state index in [0.717, 1.165) is 31.2 Å². The molecule has 1 amide bonds. The van der Waals surface area contributed by atoms with Gasteiger partial charge in [-0.05, 0) is 49.8 Å². The summed E-state index contributed by atoms with van der Waals surface area (Å²) in [7, 11) is 1.77. The highest BCUT2D eigenvalue weighted by molar-refractivity contribution is 6.35. The maximum Gasteiger partial charge on any atom is 0.223 e. The number of halogens is 2. The van der Waals surface area contributed by atoms with E-state index >= 15 is 0 Å². The SMILES string of the molecule is COC1CC2CCC(C1)N2C(=O)CCc1ccc(Cl)cc1Cl. The lowest BCUT2D eigenvalue weighted by Gasteiger charge is -2.38. The topological polar surface area (TPSA) is 29.5 Å². The third-order valence-corrected chi connectivity index (χ3v) is 5.52. The van der Waals surface area contributed by atoms with Gasteiger partial charge in [0.2, 0.25) is 5.91 Å². The van der Waals surface area contributed by atoms with Gasteiger partial charge in [-0.25, -0.2) is 0 Å². The number of hydrogen-bond acceptors (Lipinski definition) is 2. The van der Waals surface area contributed by atoms with E-state index in [9.17, 15) is 4.79 Å². The van der Waals surface area contributed by atoms with Crippen LogP contribution in [0.2, 0.25) is 10.0 Å². The summed E-state index contributed by atoms with van der Waals surface area (Å²) >= 11 is 12.1. The molecule has 0 aromatic heterocycles. The zero-order valence-corrected chi connectivity index (χ0v) is 14.2. The molecule has 120 valence electrons. The van der Waals surface area contributed by atoms with Gasteiger partial charge in [-0.1, -0.05) is 29.3 Å². The average Bonchev–Trinajstić information content (AvgIpc) is 2.76. The van der Waals surface area contributed by atoms with E-state index in [1.807, 2.05) is 12.1 Å². The molecule has 5 heteroatoms. The van der Waals surface area contributed by atoms with Crippen LogP contribution >= 0.6 is 23.2 Å². The Labute approximate surface area is 141 Å². The molecule has 22 heavy (non-hydrogen) atoms. The van der Waals surface area contributed by atoms with Gasteiger partial charge in [0.15, 0.2) is 0 Å². The number of ether oxygens (including phenoxy) is 1. The van der Waals surface area contributed by atoms with Crippen LogP contribution in [0.3, 0.4) is 0 Å². The van der Waals surface area contributed by atoms with Crippen molar-refractivity contribution in [1.82, 2.24) is 4.90 Å². The number of methoxy groups -OCH3 is 1. The number of piperidine rings is 1. The fourth-order valence-electron chi connectivity index (χ4n) is 3.82. The van der Waals surface area contributed by atoms with Crippen LogP contribution in [0, 0.1) is 0 Å².